The summed E-state index contributed by atoms with van der Waals surface area (Å²) < 4.78 is 11.3. The van der Waals surface area contributed by atoms with Crippen molar-refractivity contribution in [2.24, 2.45) is 0 Å². The zero-order valence-electron chi connectivity index (χ0n) is 16.7. The van der Waals surface area contributed by atoms with Crippen molar-refractivity contribution in [3.8, 4) is 17.4 Å². The van der Waals surface area contributed by atoms with Crippen LogP contribution in [0.4, 0.5) is 5.69 Å². The summed E-state index contributed by atoms with van der Waals surface area (Å²) in [5, 5.41) is 18.5. The second-order valence-electron chi connectivity index (χ2n) is 6.41. The maximum Gasteiger partial charge on any atom is 0.298 e. The highest BCUT2D eigenvalue weighted by atomic mass is 32.2. The lowest BCUT2D eigenvalue weighted by Crippen LogP contribution is -2.36. The van der Waals surface area contributed by atoms with Gasteiger partial charge >= 0.3 is 0 Å². The van der Waals surface area contributed by atoms with Gasteiger partial charge in [-0.1, -0.05) is 6.92 Å². The van der Waals surface area contributed by atoms with Gasteiger partial charge in [-0.3, -0.25) is 9.59 Å². The third-order valence-electron chi connectivity index (χ3n) is 4.37. The molecule has 3 aromatic rings. The van der Waals surface area contributed by atoms with E-state index in [0.717, 1.165) is 11.8 Å². The number of hydrogen-bond acceptors (Lipinski definition) is 7. The topological polar surface area (TPSA) is 108 Å². The van der Waals surface area contributed by atoms with E-state index in [1.54, 1.807) is 55.6 Å². The molecule has 30 heavy (non-hydrogen) atoms. The van der Waals surface area contributed by atoms with Crippen molar-refractivity contribution >= 4 is 29.1 Å². The molecular formula is C21H21N3O5S. The van der Waals surface area contributed by atoms with Crippen LogP contribution in [-0.2, 0) is 4.79 Å². The van der Waals surface area contributed by atoms with Crippen molar-refractivity contribution in [1.29, 1.82) is 0 Å². The van der Waals surface area contributed by atoms with Gasteiger partial charge in [0.15, 0.2) is 11.7 Å². The maximum atomic E-state index is 12.8. The number of ether oxygens (including phenoxy) is 1. The number of anilines is 1. The number of carbonyl (C=O) groups is 2. The number of carbonyl (C=O) groups excluding carboxylic acids is 2. The number of thioether (sulfide) groups is 1. The Hall–Kier alpha value is -3.33. The first kappa shape index (κ1) is 21.4. The van der Waals surface area contributed by atoms with Gasteiger partial charge in [-0.2, -0.15) is 0 Å². The van der Waals surface area contributed by atoms with Gasteiger partial charge in [0.05, 0.1) is 17.6 Å². The number of nitrogens with one attached hydrogen (secondary N) is 1. The molecule has 0 radical (unpaired) electrons. The molecule has 1 aromatic heterocycles. The van der Waals surface area contributed by atoms with Crippen LogP contribution in [0, 0.1) is 0 Å². The van der Waals surface area contributed by atoms with Crippen LogP contribution < -0.4 is 19.8 Å². The SMILES string of the molecule is CCC(Sc1c([O-])on[n+]1-c1ccc(OC)cc1)C(=O)Nc1ccc(C(C)=O)cc1. The third-order valence-corrected chi connectivity index (χ3v) is 5.76. The van der Waals surface area contributed by atoms with Crippen LogP contribution in [0.25, 0.3) is 5.69 Å². The second-order valence-corrected chi connectivity index (χ2v) is 7.60. The van der Waals surface area contributed by atoms with Crippen LogP contribution in [0.1, 0.15) is 30.6 Å². The molecule has 2 aromatic carbocycles. The first-order chi connectivity index (χ1) is 14.4. The smallest absolute Gasteiger partial charge is 0.298 e. The molecule has 0 spiro atoms. The van der Waals surface area contributed by atoms with E-state index >= 15 is 0 Å². The quantitative estimate of drug-likeness (QED) is 0.334. The summed E-state index contributed by atoms with van der Waals surface area (Å²) in [5.41, 5.74) is 1.74. The first-order valence-electron chi connectivity index (χ1n) is 9.25. The van der Waals surface area contributed by atoms with Crippen molar-refractivity contribution < 1.29 is 28.6 Å². The Morgan fingerprint density at radius 1 is 1.20 bits per heavy atom. The molecule has 3 rings (SSSR count). The van der Waals surface area contributed by atoms with Crippen LogP contribution in [-0.4, -0.2) is 29.3 Å². The van der Waals surface area contributed by atoms with Crippen molar-refractivity contribution in [1.82, 2.24) is 5.27 Å². The highest BCUT2D eigenvalue weighted by molar-refractivity contribution is 8.00. The molecule has 1 atom stereocenters. The molecule has 0 saturated heterocycles. The zero-order chi connectivity index (χ0) is 21.7. The van der Waals surface area contributed by atoms with Crippen molar-refractivity contribution in [3.05, 3.63) is 54.1 Å². The molecule has 0 aliphatic heterocycles. The molecule has 1 heterocycles. The molecule has 156 valence electrons. The normalized spacial score (nSPS) is 11.7. The van der Waals surface area contributed by atoms with E-state index in [2.05, 4.69) is 10.6 Å². The number of Topliss-reactive ketones (excluding diaryl/α,β-unsaturated/α-hetero) is 1. The average Bonchev–Trinajstić information content (AvgIpc) is 3.12. The summed E-state index contributed by atoms with van der Waals surface area (Å²) >= 11 is 1.09. The van der Waals surface area contributed by atoms with Crippen molar-refractivity contribution in [3.63, 3.8) is 0 Å². The Balaban J connectivity index is 1.77. The van der Waals surface area contributed by atoms with Crippen LogP contribution >= 0.6 is 11.8 Å². The lowest BCUT2D eigenvalue weighted by molar-refractivity contribution is -0.705. The van der Waals surface area contributed by atoms with Crippen molar-refractivity contribution in [2.75, 3.05) is 12.4 Å². The fourth-order valence-corrected chi connectivity index (χ4v) is 3.67. The van der Waals surface area contributed by atoms with E-state index < -0.39 is 11.2 Å². The standard InChI is InChI=1S/C21H21N3O5S/c1-4-18(19(26)22-15-7-5-14(6-8-15)13(2)25)30-20-21(27)29-23-24(20)16-9-11-17(28-3)12-10-16/h5-12,18H,4H2,1-3H3,(H-,22,23,25,26,27). The minimum Gasteiger partial charge on any atom is -0.538 e. The van der Waals surface area contributed by atoms with Crippen molar-refractivity contribution in [2.45, 2.75) is 30.5 Å². The number of aromatic nitrogens is 2. The number of rotatable bonds is 8. The second kappa shape index (κ2) is 9.45. The number of amides is 1. The number of methoxy groups -OCH3 is 1. The van der Waals surface area contributed by atoms with E-state index in [1.807, 2.05) is 6.92 Å². The molecule has 0 bridgehead atoms. The van der Waals surface area contributed by atoms with Crippen LogP contribution in [0.5, 0.6) is 11.7 Å². The Kier molecular flexibility index (Phi) is 6.73. The monoisotopic (exact) mass is 427 g/mol. The molecule has 1 unspecified atom stereocenters. The highest BCUT2D eigenvalue weighted by Crippen LogP contribution is 2.30. The van der Waals surface area contributed by atoms with Gasteiger partial charge in [-0.05, 0) is 66.2 Å². The first-order valence-corrected chi connectivity index (χ1v) is 10.1. The Morgan fingerprint density at radius 3 is 2.43 bits per heavy atom. The average molecular weight is 427 g/mol. The summed E-state index contributed by atoms with van der Waals surface area (Å²) in [6.07, 6.45) is 0.481. The van der Waals surface area contributed by atoms with Gasteiger partial charge in [0.25, 0.3) is 5.03 Å². The lowest BCUT2D eigenvalue weighted by Gasteiger charge is -2.13. The summed E-state index contributed by atoms with van der Waals surface area (Å²) in [4.78, 5) is 24.1. The molecule has 1 N–H and O–H groups in total. The van der Waals surface area contributed by atoms with E-state index in [0.29, 0.717) is 29.1 Å². The minimum atomic E-state index is -0.618. The fourth-order valence-electron chi connectivity index (χ4n) is 2.69. The molecular weight excluding hydrogens is 406 g/mol. The van der Waals surface area contributed by atoms with E-state index in [-0.39, 0.29) is 16.7 Å². The fraction of sp³-hybridized carbons (Fsp3) is 0.238. The lowest BCUT2D eigenvalue weighted by atomic mass is 10.1. The molecule has 1 amide bonds. The van der Waals surface area contributed by atoms with Gasteiger partial charge in [0.1, 0.15) is 5.75 Å². The number of nitrogens with zero attached hydrogens (tertiary/aromatic N) is 2. The molecule has 9 heteroatoms. The van der Waals surface area contributed by atoms with Gasteiger partial charge in [0, 0.05) is 23.4 Å². The van der Waals surface area contributed by atoms with E-state index in [4.69, 9.17) is 9.26 Å². The number of hydrogen-bond donors (Lipinski definition) is 1. The van der Waals surface area contributed by atoms with E-state index in [1.165, 1.54) is 11.6 Å². The predicted molar refractivity (Wildman–Crippen MR) is 109 cm³/mol. The van der Waals surface area contributed by atoms with Crippen LogP contribution in [0.15, 0.2) is 58.1 Å². The van der Waals surface area contributed by atoms with Gasteiger partial charge in [-0.15, -0.1) is 0 Å². The number of ketones is 1. The summed E-state index contributed by atoms with van der Waals surface area (Å²) in [5.74, 6) is -0.262. The third kappa shape index (κ3) is 4.80. The number of benzene rings is 2. The van der Waals surface area contributed by atoms with E-state index in [9.17, 15) is 14.7 Å². The zero-order valence-corrected chi connectivity index (χ0v) is 17.6. The Labute approximate surface area is 177 Å². The largest absolute Gasteiger partial charge is 0.538 e. The molecule has 0 aliphatic carbocycles. The summed E-state index contributed by atoms with van der Waals surface area (Å²) in [6, 6.07) is 13.6. The van der Waals surface area contributed by atoms with Gasteiger partial charge in [-0.25, -0.2) is 0 Å². The highest BCUT2D eigenvalue weighted by Gasteiger charge is 2.28. The molecule has 0 fully saturated rings. The maximum absolute atomic E-state index is 12.8. The molecule has 8 nitrogen and oxygen atoms in total. The Morgan fingerprint density at radius 2 is 1.87 bits per heavy atom. The van der Waals surface area contributed by atoms with Gasteiger partial charge < -0.3 is 19.7 Å². The predicted octanol–water partition coefficient (Wildman–Crippen LogP) is 2.75. The van der Waals surface area contributed by atoms with Gasteiger partial charge in [0.2, 0.25) is 11.6 Å². The molecule has 0 aliphatic rings. The minimum absolute atomic E-state index is 0.0478. The summed E-state index contributed by atoms with van der Waals surface area (Å²) in [7, 11) is 1.56. The summed E-state index contributed by atoms with van der Waals surface area (Å²) in [6.45, 7) is 3.33. The van der Waals surface area contributed by atoms with Crippen LogP contribution in [0.2, 0.25) is 0 Å². The van der Waals surface area contributed by atoms with Crippen LogP contribution in [0.3, 0.4) is 0 Å². The molecule has 0 saturated carbocycles. The Bertz CT molecular complexity index is 1030.